The zero-order valence-electron chi connectivity index (χ0n) is 15.4. The largest absolute Gasteiger partial charge is 0.337 e. The van der Waals surface area contributed by atoms with Gasteiger partial charge in [0.15, 0.2) is 5.82 Å². The molecule has 0 spiro atoms. The number of nitrogens with zero attached hydrogens (tertiary/aromatic N) is 4. The molecule has 2 N–H and O–H groups in total. The van der Waals surface area contributed by atoms with E-state index in [-0.39, 0.29) is 18.5 Å². The molecule has 0 aliphatic heterocycles. The van der Waals surface area contributed by atoms with Gasteiger partial charge in [0.25, 0.3) is 0 Å². The lowest BCUT2D eigenvalue weighted by Crippen LogP contribution is -2.29. The maximum Gasteiger partial charge on any atom is 0.320 e. The minimum Gasteiger partial charge on any atom is -0.337 e. The van der Waals surface area contributed by atoms with Crippen molar-refractivity contribution in [2.75, 3.05) is 5.32 Å². The molecule has 27 heavy (non-hydrogen) atoms. The van der Waals surface area contributed by atoms with Gasteiger partial charge in [0, 0.05) is 16.5 Å². The lowest BCUT2D eigenvalue weighted by Gasteiger charge is -2.11. The Kier molecular flexibility index (Phi) is 5.75. The predicted molar refractivity (Wildman–Crippen MR) is 102 cm³/mol. The number of halogens is 1. The van der Waals surface area contributed by atoms with E-state index < -0.39 is 0 Å². The van der Waals surface area contributed by atoms with Crippen LogP contribution in [0.1, 0.15) is 42.6 Å². The minimum absolute atomic E-state index is 0.146. The molecule has 0 fully saturated rings. The fourth-order valence-corrected chi connectivity index (χ4v) is 2.66. The van der Waals surface area contributed by atoms with Crippen LogP contribution in [0.4, 0.5) is 10.6 Å². The Labute approximate surface area is 161 Å². The van der Waals surface area contributed by atoms with Crippen LogP contribution in [0.2, 0.25) is 5.02 Å². The topological polar surface area (TPSA) is 97.9 Å². The predicted octanol–water partition coefficient (Wildman–Crippen LogP) is 3.72. The van der Waals surface area contributed by atoms with Crippen molar-refractivity contribution < 1.29 is 9.32 Å². The maximum absolute atomic E-state index is 12.3. The van der Waals surface area contributed by atoms with Gasteiger partial charge in [-0.25, -0.2) is 9.48 Å². The van der Waals surface area contributed by atoms with E-state index >= 15 is 0 Å². The van der Waals surface area contributed by atoms with E-state index in [2.05, 4.69) is 25.9 Å². The van der Waals surface area contributed by atoms with Crippen molar-refractivity contribution in [3.05, 3.63) is 58.3 Å². The molecule has 0 aliphatic carbocycles. The van der Waals surface area contributed by atoms with Gasteiger partial charge in [-0.15, -0.1) is 0 Å². The number of rotatable bonds is 6. The van der Waals surface area contributed by atoms with Gasteiger partial charge in [0.05, 0.1) is 19.3 Å². The number of benzene rings is 1. The van der Waals surface area contributed by atoms with E-state index in [1.54, 1.807) is 10.9 Å². The fraction of sp³-hybridized carbons (Fsp3) is 0.333. The average molecular weight is 389 g/mol. The molecule has 2 aromatic heterocycles. The second kappa shape index (κ2) is 8.22. The van der Waals surface area contributed by atoms with Crippen LogP contribution in [0.15, 0.2) is 35.0 Å². The normalized spacial score (nSPS) is 11.0. The van der Waals surface area contributed by atoms with Gasteiger partial charge < -0.3 is 9.84 Å². The molecule has 1 aromatic carbocycles. The van der Waals surface area contributed by atoms with Gasteiger partial charge in [-0.3, -0.25) is 5.32 Å². The van der Waals surface area contributed by atoms with E-state index in [0.29, 0.717) is 29.1 Å². The molecule has 2 amide bonds. The van der Waals surface area contributed by atoms with E-state index in [0.717, 1.165) is 11.1 Å². The molecule has 0 saturated heterocycles. The summed E-state index contributed by atoms with van der Waals surface area (Å²) in [6, 6.07) is 7.13. The molecule has 0 radical (unpaired) electrons. The Balaban J connectivity index is 1.62. The van der Waals surface area contributed by atoms with Gasteiger partial charge >= 0.3 is 6.03 Å². The first-order valence-electron chi connectivity index (χ1n) is 8.56. The third-order valence-corrected chi connectivity index (χ3v) is 4.11. The summed E-state index contributed by atoms with van der Waals surface area (Å²) in [5.74, 6) is 1.75. The Bertz CT molecular complexity index is 934. The first-order chi connectivity index (χ1) is 12.9. The number of carbonyl (C=O) groups excluding carboxylic acids is 1. The monoisotopic (exact) mass is 388 g/mol. The molecule has 0 unspecified atom stereocenters. The quantitative estimate of drug-likeness (QED) is 0.670. The number of urea groups is 1. The van der Waals surface area contributed by atoms with Gasteiger partial charge in [-0.05, 0) is 24.6 Å². The Morgan fingerprint density at radius 1 is 1.37 bits per heavy atom. The Morgan fingerprint density at radius 2 is 2.19 bits per heavy atom. The van der Waals surface area contributed by atoms with E-state index in [9.17, 15) is 4.79 Å². The summed E-state index contributed by atoms with van der Waals surface area (Å²) in [4.78, 5) is 16.5. The molecule has 8 nitrogen and oxygen atoms in total. The highest BCUT2D eigenvalue weighted by Crippen LogP contribution is 2.18. The van der Waals surface area contributed by atoms with Crippen LogP contribution in [-0.4, -0.2) is 26.0 Å². The van der Waals surface area contributed by atoms with Gasteiger partial charge in [-0.1, -0.05) is 42.7 Å². The smallest absolute Gasteiger partial charge is 0.320 e. The number of nitrogens with one attached hydrogen (secondary N) is 2. The van der Waals surface area contributed by atoms with Crippen molar-refractivity contribution in [3.8, 4) is 0 Å². The summed E-state index contributed by atoms with van der Waals surface area (Å²) in [6.45, 7) is 6.46. The van der Waals surface area contributed by atoms with E-state index in [1.807, 2.05) is 45.0 Å². The minimum atomic E-state index is -0.379. The van der Waals surface area contributed by atoms with Crippen LogP contribution >= 0.6 is 11.6 Å². The highest BCUT2D eigenvalue weighted by molar-refractivity contribution is 6.30. The molecule has 142 valence electrons. The van der Waals surface area contributed by atoms with Crippen molar-refractivity contribution in [2.45, 2.75) is 39.8 Å². The molecular formula is C18H21ClN6O2. The van der Waals surface area contributed by atoms with Gasteiger partial charge in [0.1, 0.15) is 5.82 Å². The number of hydrogen-bond donors (Lipinski definition) is 2. The van der Waals surface area contributed by atoms with Crippen molar-refractivity contribution in [1.29, 1.82) is 0 Å². The number of aryl methyl sites for hydroxylation is 1. The summed E-state index contributed by atoms with van der Waals surface area (Å²) >= 11 is 6.03. The first kappa shape index (κ1) is 18.9. The van der Waals surface area contributed by atoms with Crippen LogP contribution in [-0.2, 0) is 13.1 Å². The number of carbonyl (C=O) groups is 1. The SMILES string of the molecule is Cc1cnn(Cc2cccc(Cl)c2)c1NC(=O)NCc1nc(C(C)C)no1. The fourth-order valence-electron chi connectivity index (χ4n) is 2.45. The zero-order valence-corrected chi connectivity index (χ0v) is 16.1. The summed E-state index contributed by atoms with van der Waals surface area (Å²) in [7, 11) is 0. The van der Waals surface area contributed by atoms with Crippen molar-refractivity contribution in [3.63, 3.8) is 0 Å². The molecule has 3 rings (SSSR count). The second-order valence-electron chi connectivity index (χ2n) is 6.47. The summed E-state index contributed by atoms with van der Waals surface area (Å²) in [5.41, 5.74) is 1.84. The van der Waals surface area contributed by atoms with Crippen molar-refractivity contribution in [2.24, 2.45) is 0 Å². The number of anilines is 1. The lowest BCUT2D eigenvalue weighted by molar-refractivity contribution is 0.249. The van der Waals surface area contributed by atoms with Gasteiger partial charge in [0.2, 0.25) is 5.89 Å². The lowest BCUT2D eigenvalue weighted by atomic mass is 10.2. The summed E-state index contributed by atoms with van der Waals surface area (Å²) in [6.07, 6.45) is 1.70. The van der Waals surface area contributed by atoms with Crippen molar-refractivity contribution in [1.82, 2.24) is 25.2 Å². The van der Waals surface area contributed by atoms with Crippen LogP contribution in [0, 0.1) is 6.92 Å². The third-order valence-electron chi connectivity index (χ3n) is 3.88. The third kappa shape index (κ3) is 4.85. The van der Waals surface area contributed by atoms with Crippen LogP contribution < -0.4 is 10.6 Å². The Morgan fingerprint density at radius 3 is 2.89 bits per heavy atom. The highest BCUT2D eigenvalue weighted by atomic mass is 35.5. The molecule has 3 aromatic rings. The van der Waals surface area contributed by atoms with Crippen molar-refractivity contribution >= 4 is 23.4 Å². The number of aromatic nitrogens is 4. The van der Waals surface area contributed by atoms with E-state index in [1.165, 1.54) is 0 Å². The molecule has 0 atom stereocenters. The molecule has 2 heterocycles. The highest BCUT2D eigenvalue weighted by Gasteiger charge is 2.14. The van der Waals surface area contributed by atoms with Gasteiger partial charge in [-0.2, -0.15) is 10.1 Å². The van der Waals surface area contributed by atoms with Crippen LogP contribution in [0.25, 0.3) is 0 Å². The number of hydrogen-bond acceptors (Lipinski definition) is 5. The van der Waals surface area contributed by atoms with Crippen LogP contribution in [0.3, 0.4) is 0 Å². The Hall–Kier alpha value is -2.87. The van der Waals surface area contributed by atoms with E-state index in [4.69, 9.17) is 16.1 Å². The number of amides is 2. The standard InChI is InChI=1S/C18H21ClN6O2/c1-11(2)16-22-15(27-24-16)9-20-18(26)23-17-12(3)8-21-25(17)10-13-5-4-6-14(19)7-13/h4-8,11H,9-10H2,1-3H3,(H2,20,23,26). The second-order valence-corrected chi connectivity index (χ2v) is 6.91. The molecular weight excluding hydrogens is 368 g/mol. The molecule has 9 heteroatoms. The van der Waals surface area contributed by atoms with Crippen LogP contribution in [0.5, 0.6) is 0 Å². The maximum atomic E-state index is 12.3. The molecule has 0 saturated carbocycles. The summed E-state index contributed by atoms with van der Waals surface area (Å²) < 4.78 is 6.83. The molecule has 0 aliphatic rings. The first-order valence-corrected chi connectivity index (χ1v) is 8.94. The average Bonchev–Trinajstić information content (AvgIpc) is 3.22. The zero-order chi connectivity index (χ0) is 19.4. The molecule has 0 bridgehead atoms. The summed E-state index contributed by atoms with van der Waals surface area (Å²) in [5, 5.41) is 14.4.